The molecule has 0 bridgehead atoms. The van der Waals surface area contributed by atoms with E-state index in [4.69, 9.17) is 14.2 Å². The van der Waals surface area contributed by atoms with Crippen molar-refractivity contribution in [3.05, 3.63) is 54.1 Å². The van der Waals surface area contributed by atoms with E-state index in [2.05, 4.69) is 17.9 Å². The predicted molar refractivity (Wildman–Crippen MR) is 113 cm³/mol. The van der Waals surface area contributed by atoms with E-state index in [1.165, 1.54) is 0 Å². The lowest BCUT2D eigenvalue weighted by Gasteiger charge is -2.37. The molecule has 2 aromatic carbocycles. The third kappa shape index (κ3) is 4.31. The summed E-state index contributed by atoms with van der Waals surface area (Å²) >= 11 is 0. The number of ether oxygens (including phenoxy) is 3. The van der Waals surface area contributed by atoms with E-state index < -0.39 is 0 Å². The van der Waals surface area contributed by atoms with Crippen LogP contribution in [0.1, 0.15) is 12.5 Å². The Balaban J connectivity index is 1.38. The van der Waals surface area contributed by atoms with Gasteiger partial charge in [-0.1, -0.05) is 18.2 Å². The quantitative estimate of drug-likeness (QED) is 0.729. The Morgan fingerprint density at radius 2 is 1.93 bits per heavy atom. The fraction of sp³-hybridized carbons (Fsp3) is 0.348. The summed E-state index contributed by atoms with van der Waals surface area (Å²) in [6.07, 6.45) is 3.31. The fourth-order valence-corrected chi connectivity index (χ4v) is 3.63. The number of anilines is 1. The number of nitrogens with zero attached hydrogens (tertiary/aromatic N) is 2. The number of carbonyl (C=O) groups is 1. The van der Waals surface area contributed by atoms with Gasteiger partial charge in [-0.3, -0.25) is 4.79 Å². The van der Waals surface area contributed by atoms with Gasteiger partial charge in [0.2, 0.25) is 5.91 Å². The van der Waals surface area contributed by atoms with E-state index in [1.807, 2.05) is 36.4 Å². The Morgan fingerprint density at radius 3 is 2.76 bits per heavy atom. The molecule has 0 unspecified atom stereocenters. The third-order valence-electron chi connectivity index (χ3n) is 5.14. The number of hydrogen-bond donors (Lipinski definition) is 0. The molecule has 0 aromatic heterocycles. The second kappa shape index (κ2) is 8.47. The molecule has 29 heavy (non-hydrogen) atoms. The largest absolute Gasteiger partial charge is 0.486 e. The average Bonchev–Trinajstić information content (AvgIpc) is 2.76. The van der Waals surface area contributed by atoms with E-state index in [0.717, 1.165) is 35.8 Å². The monoisotopic (exact) mass is 394 g/mol. The van der Waals surface area contributed by atoms with Crippen LogP contribution in [-0.4, -0.2) is 56.8 Å². The molecule has 0 saturated heterocycles. The van der Waals surface area contributed by atoms with E-state index in [0.29, 0.717) is 25.5 Å². The first kappa shape index (κ1) is 19.2. The molecule has 1 atom stereocenters. The number of hydrogen-bond acceptors (Lipinski definition) is 5. The number of amides is 1. The van der Waals surface area contributed by atoms with Crippen LogP contribution >= 0.6 is 0 Å². The minimum atomic E-state index is -0.0681. The zero-order chi connectivity index (χ0) is 20.2. The third-order valence-corrected chi connectivity index (χ3v) is 5.14. The lowest BCUT2D eigenvalue weighted by molar-refractivity contribution is -0.125. The maximum atomic E-state index is 12.6. The van der Waals surface area contributed by atoms with E-state index in [-0.39, 0.29) is 12.0 Å². The zero-order valence-corrected chi connectivity index (χ0v) is 16.8. The Hall–Kier alpha value is -3.15. The average molecular weight is 394 g/mol. The Kier molecular flexibility index (Phi) is 5.60. The maximum absolute atomic E-state index is 12.6. The van der Waals surface area contributed by atoms with Gasteiger partial charge in [0, 0.05) is 19.7 Å². The smallest absolute Gasteiger partial charge is 0.246 e. The standard InChI is InChI=1S/C23H26N2O4/c1-3-25-16-18(29-20-7-5-4-6-19(20)25)15-24(2)23(26)11-9-17-8-10-21-22(14-17)28-13-12-27-21/h4-11,14,18H,3,12-13,15-16H2,1-2H3/b11-9+/t18-/m1/s1. The predicted octanol–water partition coefficient (Wildman–Crippen LogP) is 3.22. The van der Waals surface area contributed by atoms with Crippen LogP contribution in [0.3, 0.4) is 0 Å². The van der Waals surface area contributed by atoms with Crippen molar-refractivity contribution in [2.24, 2.45) is 0 Å². The SMILES string of the molecule is CCN1C[C@@H](CN(C)C(=O)/C=C/c2ccc3c(c2)OCCO3)Oc2ccccc21. The summed E-state index contributed by atoms with van der Waals surface area (Å²) < 4.78 is 17.2. The first-order chi connectivity index (χ1) is 14.1. The van der Waals surface area contributed by atoms with Gasteiger partial charge in [0.05, 0.1) is 18.8 Å². The van der Waals surface area contributed by atoms with Crippen LogP contribution in [0, 0.1) is 0 Å². The van der Waals surface area contributed by atoms with Crippen LogP contribution in [0.15, 0.2) is 48.5 Å². The van der Waals surface area contributed by atoms with Gasteiger partial charge in [-0.05, 0) is 42.8 Å². The van der Waals surface area contributed by atoms with Crippen molar-refractivity contribution in [1.29, 1.82) is 0 Å². The van der Waals surface area contributed by atoms with Crippen molar-refractivity contribution in [2.45, 2.75) is 13.0 Å². The normalized spacial score (nSPS) is 17.6. The van der Waals surface area contributed by atoms with Crippen LogP contribution in [0.5, 0.6) is 17.2 Å². The van der Waals surface area contributed by atoms with Gasteiger partial charge in [0.1, 0.15) is 25.1 Å². The maximum Gasteiger partial charge on any atom is 0.246 e. The molecule has 1 amide bonds. The van der Waals surface area contributed by atoms with Crippen molar-refractivity contribution in [3.63, 3.8) is 0 Å². The number of carbonyl (C=O) groups excluding carboxylic acids is 1. The Labute approximate surface area is 171 Å². The van der Waals surface area contributed by atoms with Crippen molar-refractivity contribution in [3.8, 4) is 17.2 Å². The Morgan fingerprint density at radius 1 is 1.14 bits per heavy atom. The number of para-hydroxylation sites is 2. The number of fused-ring (bicyclic) bond motifs is 2. The molecule has 2 aliphatic heterocycles. The van der Waals surface area contributed by atoms with Crippen LogP contribution in [0.2, 0.25) is 0 Å². The van der Waals surface area contributed by atoms with Crippen LogP contribution in [-0.2, 0) is 4.79 Å². The summed E-state index contributed by atoms with van der Waals surface area (Å²) in [7, 11) is 1.80. The summed E-state index contributed by atoms with van der Waals surface area (Å²) in [4.78, 5) is 16.6. The second-order valence-corrected chi connectivity index (χ2v) is 7.20. The highest BCUT2D eigenvalue weighted by Gasteiger charge is 2.26. The summed E-state index contributed by atoms with van der Waals surface area (Å²) in [5.74, 6) is 2.27. The number of likely N-dealkylation sites (N-methyl/N-ethyl adjacent to an activating group) is 2. The summed E-state index contributed by atoms with van der Waals surface area (Å²) in [5, 5.41) is 0. The molecule has 0 aliphatic carbocycles. The van der Waals surface area contributed by atoms with Gasteiger partial charge in [0.15, 0.2) is 11.5 Å². The van der Waals surface area contributed by atoms with Gasteiger partial charge in [-0.15, -0.1) is 0 Å². The molecule has 0 spiro atoms. The summed E-state index contributed by atoms with van der Waals surface area (Å²) in [5.41, 5.74) is 2.01. The first-order valence-corrected chi connectivity index (χ1v) is 9.97. The molecule has 2 aliphatic rings. The Bertz CT molecular complexity index is 912. The van der Waals surface area contributed by atoms with Gasteiger partial charge in [0.25, 0.3) is 0 Å². The molecule has 0 N–H and O–H groups in total. The molecule has 2 aromatic rings. The number of rotatable bonds is 5. The van der Waals surface area contributed by atoms with Gasteiger partial charge in [-0.2, -0.15) is 0 Å². The molecular formula is C23H26N2O4. The van der Waals surface area contributed by atoms with Crippen LogP contribution in [0.4, 0.5) is 5.69 Å². The van der Waals surface area contributed by atoms with Crippen molar-refractivity contribution in [1.82, 2.24) is 4.90 Å². The highest BCUT2D eigenvalue weighted by Crippen LogP contribution is 2.33. The minimum Gasteiger partial charge on any atom is -0.486 e. The van der Waals surface area contributed by atoms with Crippen molar-refractivity contribution >= 4 is 17.7 Å². The highest BCUT2D eigenvalue weighted by atomic mass is 16.6. The van der Waals surface area contributed by atoms with Gasteiger partial charge >= 0.3 is 0 Å². The molecule has 152 valence electrons. The second-order valence-electron chi connectivity index (χ2n) is 7.20. The van der Waals surface area contributed by atoms with Crippen LogP contribution in [0.25, 0.3) is 6.08 Å². The van der Waals surface area contributed by atoms with Gasteiger partial charge in [-0.25, -0.2) is 0 Å². The van der Waals surface area contributed by atoms with Crippen molar-refractivity contribution in [2.75, 3.05) is 44.8 Å². The van der Waals surface area contributed by atoms with Crippen LogP contribution < -0.4 is 19.1 Å². The first-order valence-electron chi connectivity index (χ1n) is 9.97. The molecule has 0 fully saturated rings. The molecule has 0 radical (unpaired) electrons. The molecule has 0 saturated carbocycles. The molecule has 6 heteroatoms. The lowest BCUT2D eigenvalue weighted by atomic mass is 10.1. The fourth-order valence-electron chi connectivity index (χ4n) is 3.63. The molecule has 4 rings (SSSR count). The lowest BCUT2D eigenvalue weighted by Crippen LogP contribution is -2.46. The summed E-state index contributed by atoms with van der Waals surface area (Å²) in [6, 6.07) is 13.7. The summed E-state index contributed by atoms with van der Waals surface area (Å²) in [6.45, 7) is 5.42. The number of benzene rings is 2. The molecule has 2 heterocycles. The van der Waals surface area contributed by atoms with E-state index in [1.54, 1.807) is 24.1 Å². The zero-order valence-electron chi connectivity index (χ0n) is 16.8. The topological polar surface area (TPSA) is 51.2 Å². The molecule has 6 nitrogen and oxygen atoms in total. The highest BCUT2D eigenvalue weighted by molar-refractivity contribution is 5.91. The van der Waals surface area contributed by atoms with Gasteiger partial charge < -0.3 is 24.0 Å². The van der Waals surface area contributed by atoms with E-state index in [9.17, 15) is 4.79 Å². The van der Waals surface area contributed by atoms with E-state index >= 15 is 0 Å². The minimum absolute atomic E-state index is 0.0644. The molecular weight excluding hydrogens is 368 g/mol. The van der Waals surface area contributed by atoms with Crippen molar-refractivity contribution < 1.29 is 19.0 Å².